The third kappa shape index (κ3) is 2.99. The van der Waals surface area contributed by atoms with Crippen LogP contribution in [0.5, 0.6) is 0 Å². The van der Waals surface area contributed by atoms with Crippen LogP contribution in [-0.4, -0.2) is 47.8 Å². The first-order valence-corrected chi connectivity index (χ1v) is 6.36. The molecule has 0 saturated carbocycles. The van der Waals surface area contributed by atoms with Gasteiger partial charge in [-0.05, 0) is 26.2 Å². The van der Waals surface area contributed by atoms with Crippen molar-refractivity contribution >= 4 is 5.97 Å². The van der Waals surface area contributed by atoms with E-state index in [0.29, 0.717) is 19.0 Å². The molecule has 0 aromatic heterocycles. The zero-order valence-corrected chi connectivity index (χ0v) is 11.6. The SMILES string of the molecule is COC(=O)C(C(C)C)C1(O)CCN(C(C)C)C1. The van der Waals surface area contributed by atoms with Crippen molar-refractivity contribution in [3.8, 4) is 0 Å². The normalized spacial score (nSPS) is 27.8. The van der Waals surface area contributed by atoms with Gasteiger partial charge in [-0.2, -0.15) is 0 Å². The predicted octanol–water partition coefficient (Wildman–Crippen LogP) is 1.28. The Bertz CT molecular complexity index is 278. The van der Waals surface area contributed by atoms with E-state index in [1.807, 2.05) is 13.8 Å². The molecule has 1 rings (SSSR count). The van der Waals surface area contributed by atoms with Gasteiger partial charge in [-0.15, -0.1) is 0 Å². The Morgan fingerprint density at radius 1 is 1.35 bits per heavy atom. The molecule has 100 valence electrons. The summed E-state index contributed by atoms with van der Waals surface area (Å²) in [5.74, 6) is -0.649. The second-order valence-corrected chi connectivity index (χ2v) is 5.66. The number of rotatable bonds is 4. The summed E-state index contributed by atoms with van der Waals surface area (Å²) in [5, 5.41) is 10.7. The zero-order chi connectivity index (χ0) is 13.2. The molecule has 1 N–H and O–H groups in total. The molecule has 4 heteroatoms. The smallest absolute Gasteiger partial charge is 0.311 e. The largest absolute Gasteiger partial charge is 0.469 e. The summed E-state index contributed by atoms with van der Waals surface area (Å²) in [5.41, 5.74) is -0.939. The third-order valence-electron chi connectivity index (χ3n) is 3.74. The van der Waals surface area contributed by atoms with Crippen molar-refractivity contribution in [3.63, 3.8) is 0 Å². The minimum absolute atomic E-state index is 0.0829. The van der Waals surface area contributed by atoms with E-state index in [1.54, 1.807) is 0 Å². The first kappa shape index (κ1) is 14.5. The summed E-state index contributed by atoms with van der Waals surface area (Å²) in [6, 6.07) is 0.398. The van der Waals surface area contributed by atoms with E-state index < -0.39 is 11.5 Å². The molecule has 0 aliphatic carbocycles. The highest BCUT2D eigenvalue weighted by Crippen LogP contribution is 2.35. The highest BCUT2D eigenvalue weighted by atomic mass is 16.5. The molecule has 2 atom stereocenters. The molecular weight excluding hydrogens is 218 g/mol. The first-order chi connectivity index (χ1) is 7.81. The quantitative estimate of drug-likeness (QED) is 0.756. The van der Waals surface area contributed by atoms with Crippen LogP contribution in [0.1, 0.15) is 34.1 Å². The average molecular weight is 243 g/mol. The van der Waals surface area contributed by atoms with Gasteiger partial charge >= 0.3 is 5.97 Å². The Balaban J connectivity index is 2.84. The molecule has 17 heavy (non-hydrogen) atoms. The number of aliphatic hydroxyl groups is 1. The van der Waals surface area contributed by atoms with Crippen LogP contribution in [0.15, 0.2) is 0 Å². The van der Waals surface area contributed by atoms with Crippen LogP contribution in [-0.2, 0) is 9.53 Å². The lowest BCUT2D eigenvalue weighted by molar-refractivity contribution is -0.158. The number of hydrogen-bond acceptors (Lipinski definition) is 4. The second-order valence-electron chi connectivity index (χ2n) is 5.66. The molecule has 0 aromatic carbocycles. The number of carbonyl (C=O) groups is 1. The van der Waals surface area contributed by atoms with Crippen LogP contribution in [0.2, 0.25) is 0 Å². The van der Waals surface area contributed by atoms with Crippen LogP contribution in [0.25, 0.3) is 0 Å². The summed E-state index contributed by atoms with van der Waals surface area (Å²) < 4.78 is 4.83. The predicted molar refractivity (Wildman–Crippen MR) is 66.6 cm³/mol. The number of methoxy groups -OCH3 is 1. The number of carbonyl (C=O) groups excluding carboxylic acids is 1. The molecule has 0 bridgehead atoms. The van der Waals surface area contributed by atoms with Crippen molar-refractivity contribution in [1.29, 1.82) is 0 Å². The molecule has 0 amide bonds. The maximum absolute atomic E-state index is 11.8. The third-order valence-corrected chi connectivity index (χ3v) is 3.74. The van der Waals surface area contributed by atoms with Crippen LogP contribution < -0.4 is 0 Å². The van der Waals surface area contributed by atoms with E-state index in [9.17, 15) is 9.90 Å². The van der Waals surface area contributed by atoms with Crippen molar-refractivity contribution in [2.24, 2.45) is 11.8 Å². The van der Waals surface area contributed by atoms with Gasteiger partial charge in [0.05, 0.1) is 18.6 Å². The van der Waals surface area contributed by atoms with Gasteiger partial charge in [0.1, 0.15) is 0 Å². The summed E-state index contributed by atoms with van der Waals surface area (Å²) in [6.45, 7) is 9.52. The van der Waals surface area contributed by atoms with Gasteiger partial charge in [-0.3, -0.25) is 9.69 Å². The van der Waals surface area contributed by atoms with Gasteiger partial charge in [-0.25, -0.2) is 0 Å². The molecule has 0 spiro atoms. The minimum Gasteiger partial charge on any atom is -0.469 e. The van der Waals surface area contributed by atoms with Gasteiger partial charge < -0.3 is 9.84 Å². The first-order valence-electron chi connectivity index (χ1n) is 6.36. The number of esters is 1. The lowest BCUT2D eigenvalue weighted by Crippen LogP contribution is -2.48. The lowest BCUT2D eigenvalue weighted by Gasteiger charge is -2.34. The van der Waals surface area contributed by atoms with E-state index in [-0.39, 0.29) is 11.9 Å². The molecule has 1 aliphatic rings. The highest BCUT2D eigenvalue weighted by molar-refractivity contribution is 5.74. The van der Waals surface area contributed by atoms with E-state index >= 15 is 0 Å². The lowest BCUT2D eigenvalue weighted by atomic mass is 9.79. The van der Waals surface area contributed by atoms with E-state index in [0.717, 1.165) is 6.54 Å². The fourth-order valence-electron chi connectivity index (χ4n) is 2.78. The second kappa shape index (κ2) is 5.36. The van der Waals surface area contributed by atoms with Gasteiger partial charge in [0.2, 0.25) is 0 Å². The molecule has 4 nitrogen and oxygen atoms in total. The number of β-amino-alcohol motifs (C(OH)–C–C–N with tert-alkyl or cyclic N) is 1. The van der Waals surface area contributed by atoms with Crippen molar-refractivity contribution in [2.45, 2.75) is 45.8 Å². The Labute approximate surface area is 104 Å². The maximum Gasteiger partial charge on any atom is 0.311 e. The molecular formula is C13H25NO3. The van der Waals surface area contributed by atoms with Crippen LogP contribution in [0, 0.1) is 11.8 Å². The number of likely N-dealkylation sites (tertiary alicyclic amines) is 1. The summed E-state index contributed by atoms with van der Waals surface area (Å²) in [4.78, 5) is 14.0. The van der Waals surface area contributed by atoms with E-state index in [1.165, 1.54) is 7.11 Å². The zero-order valence-electron chi connectivity index (χ0n) is 11.6. The van der Waals surface area contributed by atoms with E-state index in [2.05, 4.69) is 18.7 Å². The van der Waals surface area contributed by atoms with Crippen molar-refractivity contribution in [1.82, 2.24) is 4.90 Å². The van der Waals surface area contributed by atoms with Crippen LogP contribution in [0.3, 0.4) is 0 Å². The average Bonchev–Trinajstić information content (AvgIpc) is 2.60. The van der Waals surface area contributed by atoms with Gasteiger partial charge in [-0.1, -0.05) is 13.8 Å². The van der Waals surface area contributed by atoms with E-state index in [4.69, 9.17) is 4.74 Å². The molecule has 2 unspecified atom stereocenters. The molecule has 1 aliphatic heterocycles. The van der Waals surface area contributed by atoms with Crippen molar-refractivity contribution < 1.29 is 14.6 Å². The maximum atomic E-state index is 11.8. The van der Waals surface area contributed by atoms with Gasteiger partial charge in [0.25, 0.3) is 0 Å². The Morgan fingerprint density at radius 2 is 1.94 bits per heavy atom. The Morgan fingerprint density at radius 3 is 2.29 bits per heavy atom. The van der Waals surface area contributed by atoms with Crippen LogP contribution in [0.4, 0.5) is 0 Å². The number of hydrogen-bond donors (Lipinski definition) is 1. The summed E-state index contributed by atoms with van der Waals surface area (Å²) in [6.07, 6.45) is 0.642. The van der Waals surface area contributed by atoms with Crippen molar-refractivity contribution in [2.75, 3.05) is 20.2 Å². The van der Waals surface area contributed by atoms with Gasteiger partial charge in [0, 0.05) is 19.1 Å². The fraction of sp³-hybridized carbons (Fsp3) is 0.923. The van der Waals surface area contributed by atoms with Gasteiger partial charge in [0.15, 0.2) is 0 Å². The van der Waals surface area contributed by atoms with Crippen LogP contribution >= 0.6 is 0 Å². The fourth-order valence-corrected chi connectivity index (χ4v) is 2.78. The monoisotopic (exact) mass is 243 g/mol. The molecule has 1 fully saturated rings. The minimum atomic E-state index is -0.939. The summed E-state index contributed by atoms with van der Waals surface area (Å²) in [7, 11) is 1.39. The molecule has 1 heterocycles. The standard InChI is InChI=1S/C13H25NO3/c1-9(2)11(12(15)17-5)13(16)6-7-14(8-13)10(3)4/h9-11,16H,6-8H2,1-5H3. The molecule has 0 radical (unpaired) electrons. The Kier molecular flexibility index (Phi) is 4.55. The highest BCUT2D eigenvalue weighted by Gasteiger charge is 2.48. The molecule has 1 saturated heterocycles. The summed E-state index contributed by atoms with van der Waals surface area (Å²) >= 11 is 0. The molecule has 0 aromatic rings. The topological polar surface area (TPSA) is 49.8 Å². The number of nitrogens with zero attached hydrogens (tertiary/aromatic N) is 1. The Hall–Kier alpha value is -0.610. The van der Waals surface area contributed by atoms with Crippen molar-refractivity contribution in [3.05, 3.63) is 0 Å². The number of ether oxygens (including phenoxy) is 1.